The fourth-order valence-corrected chi connectivity index (χ4v) is 2.98. The lowest BCUT2D eigenvalue weighted by Crippen LogP contribution is -2.39. The van der Waals surface area contributed by atoms with Crippen LogP contribution in [0.3, 0.4) is 0 Å². The zero-order valence-corrected chi connectivity index (χ0v) is 14.1. The third-order valence-corrected chi connectivity index (χ3v) is 4.31. The maximum Gasteiger partial charge on any atom is 0.258 e. The van der Waals surface area contributed by atoms with Gasteiger partial charge < -0.3 is 14.6 Å². The highest BCUT2D eigenvalue weighted by Gasteiger charge is 2.25. The Balaban J connectivity index is 1.43. The van der Waals surface area contributed by atoms with E-state index in [0.29, 0.717) is 5.75 Å². The predicted molar refractivity (Wildman–Crippen MR) is 89.7 cm³/mol. The molecule has 1 amide bonds. The summed E-state index contributed by atoms with van der Waals surface area (Å²) in [4.78, 5) is 14.3. The summed E-state index contributed by atoms with van der Waals surface area (Å²) in [5.41, 5.74) is 2.09. The van der Waals surface area contributed by atoms with Crippen molar-refractivity contribution in [2.45, 2.75) is 32.9 Å². The Morgan fingerprint density at radius 3 is 2.88 bits per heavy atom. The summed E-state index contributed by atoms with van der Waals surface area (Å²) in [5.74, 6) is 1.50. The Morgan fingerprint density at radius 2 is 2.17 bits per heavy atom. The molecule has 2 heterocycles. The summed E-state index contributed by atoms with van der Waals surface area (Å²) in [7, 11) is 0. The molecule has 128 valence electrons. The van der Waals surface area contributed by atoms with Gasteiger partial charge >= 0.3 is 0 Å². The Labute approximate surface area is 141 Å². The number of amides is 1. The maximum atomic E-state index is 12.0. The third-order valence-electron chi connectivity index (χ3n) is 4.31. The fourth-order valence-electron chi connectivity index (χ4n) is 2.98. The number of para-hydroxylation sites is 1. The van der Waals surface area contributed by atoms with Crippen molar-refractivity contribution < 1.29 is 14.1 Å². The highest BCUT2D eigenvalue weighted by molar-refractivity contribution is 5.77. The molecule has 1 aromatic heterocycles. The second-order valence-corrected chi connectivity index (χ2v) is 6.19. The normalized spacial score (nSPS) is 17.8. The van der Waals surface area contributed by atoms with Crippen molar-refractivity contribution in [2.24, 2.45) is 0 Å². The number of likely N-dealkylation sites (tertiary alicyclic amines) is 1. The predicted octanol–water partition coefficient (Wildman–Crippen LogP) is 2.06. The summed E-state index contributed by atoms with van der Waals surface area (Å²) in [6, 6.07) is 9.53. The van der Waals surface area contributed by atoms with Gasteiger partial charge in [-0.3, -0.25) is 9.69 Å². The van der Waals surface area contributed by atoms with Crippen molar-refractivity contribution >= 4 is 5.91 Å². The number of nitrogens with zero attached hydrogens (tertiary/aromatic N) is 2. The van der Waals surface area contributed by atoms with E-state index in [9.17, 15) is 4.79 Å². The van der Waals surface area contributed by atoms with E-state index in [4.69, 9.17) is 9.26 Å². The second kappa shape index (κ2) is 7.49. The number of hydrogen-bond donors (Lipinski definition) is 1. The Kier molecular flexibility index (Phi) is 5.15. The first-order chi connectivity index (χ1) is 11.6. The van der Waals surface area contributed by atoms with E-state index in [0.717, 1.165) is 43.1 Å². The van der Waals surface area contributed by atoms with E-state index in [1.165, 1.54) is 0 Å². The van der Waals surface area contributed by atoms with Crippen molar-refractivity contribution in [3.63, 3.8) is 0 Å². The molecular weight excluding hydrogens is 306 g/mol. The molecule has 0 saturated carbocycles. The van der Waals surface area contributed by atoms with Crippen molar-refractivity contribution in [3.05, 3.63) is 47.3 Å². The first kappa shape index (κ1) is 16.5. The Bertz CT molecular complexity index is 665. The zero-order valence-electron chi connectivity index (χ0n) is 14.1. The molecule has 0 radical (unpaired) electrons. The standard InChI is InChI=1S/C18H23N3O3/c1-13-17(14(2)24-20-13)11-21-9-8-15(10-21)19-18(22)12-23-16-6-4-3-5-7-16/h3-7,15H,8-12H2,1-2H3,(H,19,22). The number of hydrogen-bond acceptors (Lipinski definition) is 5. The summed E-state index contributed by atoms with van der Waals surface area (Å²) < 4.78 is 10.7. The molecule has 1 aromatic carbocycles. The topological polar surface area (TPSA) is 67.6 Å². The van der Waals surface area contributed by atoms with Gasteiger partial charge in [0.2, 0.25) is 0 Å². The molecule has 24 heavy (non-hydrogen) atoms. The Morgan fingerprint density at radius 1 is 1.38 bits per heavy atom. The van der Waals surface area contributed by atoms with Gasteiger partial charge in [0.15, 0.2) is 6.61 Å². The van der Waals surface area contributed by atoms with Gasteiger partial charge in [-0.05, 0) is 32.4 Å². The van der Waals surface area contributed by atoms with Crippen molar-refractivity contribution in [1.82, 2.24) is 15.4 Å². The van der Waals surface area contributed by atoms with Gasteiger partial charge in [0, 0.05) is 31.2 Å². The number of ether oxygens (including phenoxy) is 1. The number of nitrogens with one attached hydrogen (secondary N) is 1. The van der Waals surface area contributed by atoms with Gasteiger partial charge in [0.25, 0.3) is 5.91 Å². The minimum Gasteiger partial charge on any atom is -0.484 e. The summed E-state index contributed by atoms with van der Waals surface area (Å²) >= 11 is 0. The number of rotatable bonds is 6. The lowest BCUT2D eigenvalue weighted by atomic mass is 10.2. The molecule has 6 nitrogen and oxygen atoms in total. The quantitative estimate of drug-likeness (QED) is 0.879. The summed E-state index contributed by atoms with van der Waals surface area (Å²) in [5, 5.41) is 7.03. The zero-order chi connectivity index (χ0) is 16.9. The molecule has 0 spiro atoms. The van der Waals surface area contributed by atoms with Gasteiger partial charge in [0.1, 0.15) is 11.5 Å². The molecule has 1 aliphatic heterocycles. The highest BCUT2D eigenvalue weighted by atomic mass is 16.5. The van der Waals surface area contributed by atoms with E-state index in [2.05, 4.69) is 15.4 Å². The largest absolute Gasteiger partial charge is 0.484 e. The van der Waals surface area contributed by atoms with Crippen LogP contribution in [0, 0.1) is 13.8 Å². The van der Waals surface area contributed by atoms with Crippen LogP contribution in [0.15, 0.2) is 34.9 Å². The number of aryl methyl sites for hydroxylation is 2. The minimum absolute atomic E-state index is 0.0460. The van der Waals surface area contributed by atoms with E-state index in [1.807, 2.05) is 44.2 Å². The van der Waals surface area contributed by atoms with Gasteiger partial charge in [-0.2, -0.15) is 0 Å². The maximum absolute atomic E-state index is 12.0. The van der Waals surface area contributed by atoms with Crippen molar-refractivity contribution in [1.29, 1.82) is 0 Å². The van der Waals surface area contributed by atoms with E-state index in [1.54, 1.807) is 0 Å². The van der Waals surface area contributed by atoms with Crippen LogP contribution in [0.25, 0.3) is 0 Å². The van der Waals surface area contributed by atoms with Crippen LogP contribution in [-0.2, 0) is 11.3 Å². The van der Waals surface area contributed by atoms with Crippen LogP contribution in [0.2, 0.25) is 0 Å². The molecular formula is C18H23N3O3. The van der Waals surface area contributed by atoms with E-state index < -0.39 is 0 Å². The monoisotopic (exact) mass is 329 g/mol. The van der Waals surface area contributed by atoms with Gasteiger partial charge in [-0.1, -0.05) is 23.4 Å². The summed E-state index contributed by atoms with van der Waals surface area (Å²) in [6.45, 7) is 6.54. The van der Waals surface area contributed by atoms with Crippen LogP contribution < -0.4 is 10.1 Å². The molecule has 1 atom stereocenters. The highest BCUT2D eigenvalue weighted by Crippen LogP contribution is 2.18. The molecule has 0 bridgehead atoms. The second-order valence-electron chi connectivity index (χ2n) is 6.19. The minimum atomic E-state index is -0.0805. The first-order valence-corrected chi connectivity index (χ1v) is 8.23. The van der Waals surface area contributed by atoms with Crippen molar-refractivity contribution in [2.75, 3.05) is 19.7 Å². The average molecular weight is 329 g/mol. The van der Waals surface area contributed by atoms with E-state index in [-0.39, 0.29) is 18.6 Å². The molecule has 0 aliphatic carbocycles. The van der Waals surface area contributed by atoms with Crippen molar-refractivity contribution in [3.8, 4) is 5.75 Å². The van der Waals surface area contributed by atoms with Gasteiger partial charge in [-0.15, -0.1) is 0 Å². The van der Waals surface area contributed by atoms with Crippen LogP contribution in [0.5, 0.6) is 5.75 Å². The molecule has 1 saturated heterocycles. The van der Waals surface area contributed by atoms with Crippen LogP contribution in [-0.4, -0.2) is 41.7 Å². The molecule has 2 aromatic rings. The fraction of sp³-hybridized carbons (Fsp3) is 0.444. The summed E-state index contributed by atoms with van der Waals surface area (Å²) in [6.07, 6.45) is 0.945. The first-order valence-electron chi connectivity index (χ1n) is 8.23. The molecule has 3 rings (SSSR count). The van der Waals surface area contributed by atoms with E-state index >= 15 is 0 Å². The van der Waals surface area contributed by atoms with Crippen LogP contribution in [0.1, 0.15) is 23.4 Å². The molecule has 1 aliphatic rings. The molecule has 1 N–H and O–H groups in total. The number of carbonyl (C=O) groups excluding carboxylic acids is 1. The number of carbonyl (C=O) groups is 1. The third kappa shape index (κ3) is 4.14. The molecule has 1 unspecified atom stereocenters. The number of aromatic nitrogens is 1. The van der Waals surface area contributed by atoms with Gasteiger partial charge in [0.05, 0.1) is 5.69 Å². The van der Waals surface area contributed by atoms with Crippen LogP contribution >= 0.6 is 0 Å². The lowest BCUT2D eigenvalue weighted by molar-refractivity contribution is -0.123. The lowest BCUT2D eigenvalue weighted by Gasteiger charge is -2.16. The van der Waals surface area contributed by atoms with Gasteiger partial charge in [-0.25, -0.2) is 0 Å². The molecule has 6 heteroatoms. The van der Waals surface area contributed by atoms with Crippen LogP contribution in [0.4, 0.5) is 0 Å². The SMILES string of the molecule is Cc1noc(C)c1CN1CCC(NC(=O)COc2ccccc2)C1. The molecule has 1 fully saturated rings. The Hall–Kier alpha value is -2.34. The smallest absolute Gasteiger partial charge is 0.258 e. The average Bonchev–Trinajstić information content (AvgIpc) is 3.15. The number of benzene rings is 1.